The van der Waals surface area contributed by atoms with Gasteiger partial charge >= 0.3 is 0 Å². The average Bonchev–Trinajstić information content (AvgIpc) is 3.18. The molecule has 0 fully saturated rings. The van der Waals surface area contributed by atoms with Crippen molar-refractivity contribution in [3.63, 3.8) is 0 Å². The number of hydrogen-bond donors (Lipinski definition) is 0. The van der Waals surface area contributed by atoms with Crippen LogP contribution in [0.5, 0.6) is 11.5 Å². The average molecular weight is 402 g/mol. The molecule has 1 heterocycles. The standard InChI is InChI=1S/C20H19FN2O4S/c1-3-25-16-8-4-14(5-9-16)18(24)12-28-20-23-22-19(27-20)13(2)26-17-10-6-15(21)7-11-17/h4-11,13H,3,12H2,1-2H3/t13-/m0/s1. The topological polar surface area (TPSA) is 74.5 Å². The Morgan fingerprint density at radius 3 is 2.46 bits per heavy atom. The molecule has 0 spiro atoms. The number of benzene rings is 2. The fraction of sp³-hybridized carbons (Fsp3) is 0.250. The lowest BCUT2D eigenvalue weighted by Gasteiger charge is -2.10. The van der Waals surface area contributed by atoms with Gasteiger partial charge in [0.1, 0.15) is 17.3 Å². The van der Waals surface area contributed by atoms with E-state index in [1.807, 2.05) is 6.92 Å². The van der Waals surface area contributed by atoms with E-state index in [0.29, 0.717) is 17.9 Å². The summed E-state index contributed by atoms with van der Waals surface area (Å²) in [5.74, 6) is 1.27. The van der Waals surface area contributed by atoms with Gasteiger partial charge < -0.3 is 13.9 Å². The number of carbonyl (C=O) groups excluding carboxylic acids is 1. The van der Waals surface area contributed by atoms with Gasteiger partial charge in [-0.25, -0.2) is 4.39 Å². The van der Waals surface area contributed by atoms with E-state index in [2.05, 4.69) is 10.2 Å². The minimum atomic E-state index is -0.505. The van der Waals surface area contributed by atoms with Crippen LogP contribution in [0.15, 0.2) is 58.2 Å². The van der Waals surface area contributed by atoms with Gasteiger partial charge in [0.2, 0.25) is 0 Å². The number of hydrogen-bond acceptors (Lipinski definition) is 7. The quantitative estimate of drug-likeness (QED) is 0.379. The molecular weight excluding hydrogens is 383 g/mol. The van der Waals surface area contributed by atoms with Crippen LogP contribution in [0.3, 0.4) is 0 Å². The van der Waals surface area contributed by atoms with Gasteiger partial charge in [0.15, 0.2) is 11.9 Å². The molecule has 0 amide bonds. The third-order valence-corrected chi connectivity index (χ3v) is 4.53. The molecule has 0 bridgehead atoms. The van der Waals surface area contributed by atoms with Gasteiger partial charge in [0.25, 0.3) is 11.1 Å². The van der Waals surface area contributed by atoms with Crippen molar-refractivity contribution in [2.24, 2.45) is 0 Å². The second-order valence-corrected chi connectivity index (χ2v) is 6.72. The van der Waals surface area contributed by atoms with E-state index in [9.17, 15) is 9.18 Å². The van der Waals surface area contributed by atoms with Crippen LogP contribution in [0.1, 0.15) is 36.2 Å². The van der Waals surface area contributed by atoms with Gasteiger partial charge in [0.05, 0.1) is 12.4 Å². The first-order valence-corrected chi connectivity index (χ1v) is 9.68. The maximum absolute atomic E-state index is 12.9. The second-order valence-electron chi connectivity index (χ2n) is 5.79. The predicted molar refractivity (Wildman–Crippen MR) is 102 cm³/mol. The monoisotopic (exact) mass is 402 g/mol. The fourth-order valence-electron chi connectivity index (χ4n) is 2.33. The first-order valence-electron chi connectivity index (χ1n) is 8.69. The Hall–Kier alpha value is -2.87. The van der Waals surface area contributed by atoms with Crippen molar-refractivity contribution in [2.75, 3.05) is 12.4 Å². The Kier molecular flexibility index (Phi) is 6.65. The number of rotatable bonds is 9. The smallest absolute Gasteiger partial charge is 0.277 e. The molecule has 0 unspecified atom stereocenters. The molecule has 2 aromatic carbocycles. The van der Waals surface area contributed by atoms with Crippen LogP contribution in [0.4, 0.5) is 4.39 Å². The summed E-state index contributed by atoms with van der Waals surface area (Å²) in [6.07, 6.45) is -0.505. The summed E-state index contributed by atoms with van der Waals surface area (Å²) in [5, 5.41) is 8.16. The second kappa shape index (κ2) is 9.36. The van der Waals surface area contributed by atoms with Crippen LogP contribution < -0.4 is 9.47 Å². The number of thioether (sulfide) groups is 1. The van der Waals surface area contributed by atoms with E-state index in [0.717, 1.165) is 17.5 Å². The van der Waals surface area contributed by atoms with Gasteiger partial charge in [-0.15, -0.1) is 10.2 Å². The Morgan fingerprint density at radius 1 is 1.11 bits per heavy atom. The fourth-order valence-corrected chi connectivity index (χ4v) is 2.99. The number of nitrogens with zero attached hydrogens (tertiary/aromatic N) is 2. The zero-order valence-electron chi connectivity index (χ0n) is 15.4. The lowest BCUT2D eigenvalue weighted by molar-refractivity contribution is 0.102. The minimum Gasteiger partial charge on any atom is -0.494 e. The van der Waals surface area contributed by atoms with E-state index < -0.39 is 6.10 Å². The van der Waals surface area contributed by atoms with Gasteiger partial charge in [-0.2, -0.15) is 0 Å². The van der Waals surface area contributed by atoms with Gasteiger partial charge in [-0.3, -0.25) is 4.79 Å². The molecule has 1 aromatic heterocycles. The summed E-state index contributed by atoms with van der Waals surface area (Å²) in [4.78, 5) is 12.3. The number of Topliss-reactive ketones (excluding diaryl/α,β-unsaturated/α-hetero) is 1. The summed E-state index contributed by atoms with van der Waals surface area (Å²) in [6, 6.07) is 12.6. The molecule has 3 rings (SSSR count). The first-order chi connectivity index (χ1) is 13.5. The Morgan fingerprint density at radius 2 is 1.79 bits per heavy atom. The molecular formula is C20H19FN2O4S. The van der Waals surface area contributed by atoms with Gasteiger partial charge in [0, 0.05) is 5.56 Å². The van der Waals surface area contributed by atoms with Crippen LogP contribution >= 0.6 is 11.8 Å². The van der Waals surface area contributed by atoms with Gasteiger partial charge in [-0.05, 0) is 62.4 Å². The van der Waals surface area contributed by atoms with Crippen molar-refractivity contribution >= 4 is 17.5 Å². The number of ether oxygens (including phenoxy) is 2. The summed E-state index contributed by atoms with van der Waals surface area (Å²) in [5.41, 5.74) is 0.587. The van der Waals surface area contributed by atoms with Crippen molar-refractivity contribution < 1.29 is 23.1 Å². The highest BCUT2D eigenvalue weighted by atomic mass is 32.2. The lowest BCUT2D eigenvalue weighted by atomic mass is 10.1. The highest BCUT2D eigenvalue weighted by Gasteiger charge is 2.17. The number of halogens is 1. The highest BCUT2D eigenvalue weighted by Crippen LogP contribution is 2.25. The van der Waals surface area contributed by atoms with Crippen molar-refractivity contribution in [1.82, 2.24) is 10.2 Å². The van der Waals surface area contributed by atoms with Crippen LogP contribution in [0.2, 0.25) is 0 Å². The predicted octanol–water partition coefficient (Wildman–Crippen LogP) is 4.72. The Balaban J connectivity index is 1.53. The van der Waals surface area contributed by atoms with Crippen LogP contribution in [0.25, 0.3) is 0 Å². The zero-order chi connectivity index (χ0) is 19.9. The zero-order valence-corrected chi connectivity index (χ0v) is 16.2. The molecule has 3 aromatic rings. The lowest BCUT2D eigenvalue weighted by Crippen LogP contribution is -2.03. The number of ketones is 1. The summed E-state index contributed by atoms with van der Waals surface area (Å²) in [7, 11) is 0. The number of aromatic nitrogens is 2. The van der Waals surface area contributed by atoms with Gasteiger partial charge in [-0.1, -0.05) is 11.8 Å². The third-order valence-electron chi connectivity index (χ3n) is 3.71. The Bertz CT molecular complexity index is 913. The van der Waals surface area contributed by atoms with E-state index in [1.165, 1.54) is 24.3 Å². The molecule has 0 aliphatic carbocycles. The molecule has 28 heavy (non-hydrogen) atoms. The van der Waals surface area contributed by atoms with Crippen LogP contribution in [-0.4, -0.2) is 28.3 Å². The molecule has 1 atom stereocenters. The summed E-state index contributed by atoms with van der Waals surface area (Å²) < 4.78 is 29.5. The maximum atomic E-state index is 12.9. The van der Waals surface area contributed by atoms with E-state index >= 15 is 0 Å². The Labute approximate surface area is 166 Å². The SMILES string of the molecule is CCOc1ccc(C(=O)CSc2nnc([C@H](C)Oc3ccc(F)cc3)o2)cc1. The van der Waals surface area contributed by atoms with Crippen molar-refractivity contribution in [2.45, 2.75) is 25.2 Å². The van der Waals surface area contributed by atoms with Crippen molar-refractivity contribution in [3.05, 3.63) is 65.8 Å². The maximum Gasteiger partial charge on any atom is 0.277 e. The molecule has 8 heteroatoms. The molecule has 6 nitrogen and oxygen atoms in total. The largest absolute Gasteiger partial charge is 0.494 e. The van der Waals surface area contributed by atoms with Crippen molar-refractivity contribution in [1.29, 1.82) is 0 Å². The normalized spacial score (nSPS) is 11.8. The molecule has 0 saturated heterocycles. The molecule has 0 aliphatic heterocycles. The third kappa shape index (κ3) is 5.32. The molecule has 0 aliphatic rings. The highest BCUT2D eigenvalue weighted by molar-refractivity contribution is 7.99. The minimum absolute atomic E-state index is 0.0524. The van der Waals surface area contributed by atoms with E-state index in [-0.39, 0.29) is 28.5 Å². The molecule has 0 N–H and O–H groups in total. The molecule has 0 radical (unpaired) electrons. The van der Waals surface area contributed by atoms with Crippen LogP contribution in [0, 0.1) is 5.82 Å². The number of carbonyl (C=O) groups is 1. The summed E-state index contributed by atoms with van der Waals surface area (Å²) in [6.45, 7) is 4.22. The van der Waals surface area contributed by atoms with Crippen LogP contribution in [-0.2, 0) is 0 Å². The van der Waals surface area contributed by atoms with E-state index in [1.54, 1.807) is 31.2 Å². The molecule has 146 valence electrons. The first kappa shape index (κ1) is 19.9. The van der Waals surface area contributed by atoms with E-state index in [4.69, 9.17) is 13.9 Å². The molecule has 0 saturated carbocycles. The van der Waals surface area contributed by atoms with Crippen molar-refractivity contribution in [3.8, 4) is 11.5 Å². The summed E-state index contributed by atoms with van der Waals surface area (Å²) >= 11 is 1.16.